The summed E-state index contributed by atoms with van der Waals surface area (Å²) in [5.74, 6) is 0. The first-order chi connectivity index (χ1) is 4.97. The molecule has 0 spiro atoms. The molecule has 2 aromatic rings. The molecule has 0 heterocycles. The predicted octanol–water partition coefficient (Wildman–Crippen LogP) is 1.64. The molecular formula is C10H2. The van der Waals surface area contributed by atoms with Crippen LogP contribution < -0.4 is 0 Å². The molecule has 2 aromatic carbocycles. The lowest BCUT2D eigenvalue weighted by atomic mass is 10.1. The van der Waals surface area contributed by atoms with E-state index in [1.54, 1.807) is 12.1 Å². The van der Waals surface area contributed by atoms with E-state index in [9.17, 15) is 0 Å². The fraction of sp³-hybridized carbons (Fsp3) is 0. The highest BCUT2D eigenvalue weighted by atomic mass is 13.9. The standard InChI is InChI=1S/C10H2/c1-2-6-10-8-4-3-7-9(10)5-1/h1-2H. The molecule has 0 heteroatoms. The monoisotopic (exact) mass is 122 g/mol. The van der Waals surface area contributed by atoms with E-state index in [1.165, 1.54) is 0 Å². The summed E-state index contributed by atoms with van der Waals surface area (Å²) in [6.45, 7) is 0. The molecule has 0 bridgehead atoms. The molecule has 0 nitrogen and oxygen atoms in total. The van der Waals surface area contributed by atoms with Crippen LogP contribution in [0.5, 0.6) is 0 Å². The Bertz CT molecular complexity index is 271. The molecule has 42 valence electrons. The van der Waals surface area contributed by atoms with Crippen molar-refractivity contribution in [2.75, 3.05) is 0 Å². The van der Waals surface area contributed by atoms with Crippen molar-refractivity contribution in [2.24, 2.45) is 0 Å². The van der Waals surface area contributed by atoms with Crippen LogP contribution in [0.4, 0.5) is 0 Å². The van der Waals surface area contributed by atoms with Gasteiger partial charge in [0.25, 0.3) is 0 Å². The van der Waals surface area contributed by atoms with E-state index in [1.807, 2.05) is 0 Å². The molecule has 0 aliphatic rings. The van der Waals surface area contributed by atoms with E-state index >= 15 is 0 Å². The number of fused-ring (bicyclic) bond motifs is 1. The van der Waals surface area contributed by atoms with Crippen LogP contribution in [-0.4, -0.2) is 0 Å². The van der Waals surface area contributed by atoms with Crippen molar-refractivity contribution in [3.05, 3.63) is 48.5 Å². The van der Waals surface area contributed by atoms with Crippen molar-refractivity contribution in [1.29, 1.82) is 0 Å². The van der Waals surface area contributed by atoms with E-state index in [0.717, 1.165) is 10.8 Å². The van der Waals surface area contributed by atoms with Crippen molar-refractivity contribution in [2.45, 2.75) is 0 Å². The fourth-order valence-corrected chi connectivity index (χ4v) is 0.779. The first-order valence-electron chi connectivity index (χ1n) is 2.91. The van der Waals surface area contributed by atoms with Crippen LogP contribution in [0.1, 0.15) is 0 Å². The van der Waals surface area contributed by atoms with Crippen LogP contribution >= 0.6 is 0 Å². The summed E-state index contributed by atoms with van der Waals surface area (Å²) in [6, 6.07) is 20.6. The highest BCUT2D eigenvalue weighted by molar-refractivity contribution is 5.79. The second-order valence-electron chi connectivity index (χ2n) is 1.87. The second kappa shape index (κ2) is 2.14. The van der Waals surface area contributed by atoms with Gasteiger partial charge in [0.05, 0.1) is 0 Å². The van der Waals surface area contributed by atoms with Crippen molar-refractivity contribution in [3.63, 3.8) is 0 Å². The minimum absolute atomic E-state index is 0.862. The number of hydrogen-bond donors (Lipinski definition) is 0. The molecule has 0 fully saturated rings. The number of hydrogen-bond acceptors (Lipinski definition) is 0. The van der Waals surface area contributed by atoms with E-state index in [2.05, 4.69) is 36.4 Å². The molecule has 10 heavy (non-hydrogen) atoms. The number of benzene rings is 2. The van der Waals surface area contributed by atoms with Gasteiger partial charge < -0.3 is 0 Å². The summed E-state index contributed by atoms with van der Waals surface area (Å²) in [5, 5.41) is 1.72. The Morgan fingerprint density at radius 3 is 1.80 bits per heavy atom. The van der Waals surface area contributed by atoms with Gasteiger partial charge in [-0.05, 0) is 47.2 Å². The summed E-state index contributed by atoms with van der Waals surface area (Å²) in [4.78, 5) is 0. The molecule has 0 atom stereocenters. The summed E-state index contributed by atoms with van der Waals surface area (Å²) < 4.78 is 0. The molecular weight excluding hydrogens is 120 g/mol. The van der Waals surface area contributed by atoms with Crippen LogP contribution in [0, 0.1) is 36.4 Å². The van der Waals surface area contributed by atoms with Gasteiger partial charge in [0.2, 0.25) is 0 Å². The fourth-order valence-electron chi connectivity index (χ4n) is 0.779. The maximum absolute atomic E-state index is 2.98. The zero-order chi connectivity index (χ0) is 6.81. The van der Waals surface area contributed by atoms with Crippen molar-refractivity contribution in [3.8, 4) is 0 Å². The molecule has 0 saturated carbocycles. The molecule has 0 aliphatic carbocycles. The van der Waals surface area contributed by atoms with Crippen LogP contribution in [0.2, 0.25) is 0 Å². The Kier molecular flexibility index (Phi) is 1.17. The van der Waals surface area contributed by atoms with E-state index in [-0.39, 0.29) is 0 Å². The highest BCUT2D eigenvalue weighted by Crippen LogP contribution is 2.07. The van der Waals surface area contributed by atoms with Gasteiger partial charge in [-0.15, -0.1) is 0 Å². The lowest BCUT2D eigenvalue weighted by molar-refractivity contribution is 1.68. The largest absolute Gasteiger partial charge is 0.0531 e. The van der Waals surface area contributed by atoms with Gasteiger partial charge in [-0.25, -0.2) is 0 Å². The van der Waals surface area contributed by atoms with E-state index < -0.39 is 0 Å². The molecule has 6 radical (unpaired) electrons. The smallest absolute Gasteiger partial charge is 0.000000386 e. The van der Waals surface area contributed by atoms with Crippen molar-refractivity contribution >= 4 is 10.8 Å². The van der Waals surface area contributed by atoms with Crippen LogP contribution in [0.15, 0.2) is 12.1 Å². The zero-order valence-electron chi connectivity index (χ0n) is 5.15. The van der Waals surface area contributed by atoms with Gasteiger partial charge in [-0.1, -0.05) is 12.1 Å². The first kappa shape index (κ1) is 5.48. The second-order valence-corrected chi connectivity index (χ2v) is 1.87. The molecule has 0 unspecified atom stereocenters. The summed E-state index contributed by atoms with van der Waals surface area (Å²) >= 11 is 0. The van der Waals surface area contributed by atoms with E-state index in [4.69, 9.17) is 0 Å². The lowest BCUT2D eigenvalue weighted by Crippen LogP contribution is -1.70. The lowest BCUT2D eigenvalue weighted by Gasteiger charge is -1.89. The third-order valence-corrected chi connectivity index (χ3v) is 1.23. The average molecular weight is 122 g/mol. The minimum atomic E-state index is 0.862. The van der Waals surface area contributed by atoms with Crippen LogP contribution in [-0.2, 0) is 0 Å². The Hall–Kier alpha value is -1.30. The molecule has 0 aromatic heterocycles. The Morgan fingerprint density at radius 2 is 1.30 bits per heavy atom. The third kappa shape index (κ3) is 0.781. The molecule has 0 N–H and O–H groups in total. The minimum Gasteiger partial charge on any atom is -0.0531 e. The van der Waals surface area contributed by atoms with Crippen molar-refractivity contribution < 1.29 is 0 Å². The normalized spacial score (nSPS) is 10.0. The molecule has 0 saturated heterocycles. The van der Waals surface area contributed by atoms with Gasteiger partial charge in [-0.2, -0.15) is 0 Å². The van der Waals surface area contributed by atoms with Crippen LogP contribution in [0.3, 0.4) is 0 Å². The summed E-state index contributed by atoms with van der Waals surface area (Å²) in [6.07, 6.45) is 0. The van der Waals surface area contributed by atoms with E-state index in [0.29, 0.717) is 0 Å². The van der Waals surface area contributed by atoms with Gasteiger partial charge in [0.15, 0.2) is 0 Å². The summed E-state index contributed by atoms with van der Waals surface area (Å²) in [5.41, 5.74) is 0. The maximum Gasteiger partial charge on any atom is -0.000000386 e. The number of rotatable bonds is 0. The topological polar surface area (TPSA) is 0 Å². The Morgan fingerprint density at radius 1 is 0.800 bits per heavy atom. The van der Waals surface area contributed by atoms with Gasteiger partial charge in [0, 0.05) is 0 Å². The summed E-state index contributed by atoms with van der Waals surface area (Å²) in [7, 11) is 0. The zero-order valence-corrected chi connectivity index (χ0v) is 5.15. The van der Waals surface area contributed by atoms with Crippen molar-refractivity contribution in [1.82, 2.24) is 0 Å². The Balaban J connectivity index is 2.89. The first-order valence-corrected chi connectivity index (χ1v) is 2.91. The Labute approximate surface area is 60.1 Å². The molecule has 2 rings (SSSR count). The van der Waals surface area contributed by atoms with Gasteiger partial charge in [-0.3, -0.25) is 0 Å². The van der Waals surface area contributed by atoms with Gasteiger partial charge in [0.1, 0.15) is 0 Å². The maximum atomic E-state index is 2.98. The SMILES string of the molecule is [c]1[c][c]c2[c]cc[c]c2[c]1. The third-order valence-electron chi connectivity index (χ3n) is 1.23. The highest BCUT2D eigenvalue weighted by Gasteiger charge is 1.88. The predicted molar refractivity (Wildman–Crippen MR) is 37.0 cm³/mol. The van der Waals surface area contributed by atoms with Crippen LogP contribution in [0.25, 0.3) is 10.8 Å². The van der Waals surface area contributed by atoms with Gasteiger partial charge >= 0.3 is 0 Å². The average Bonchev–Trinajstić information content (AvgIpc) is 2.05. The molecule has 0 amide bonds. The molecule has 0 aliphatic heterocycles. The quantitative estimate of drug-likeness (QED) is 0.498.